The molecular weight excluding hydrogens is 437 g/mol. The first-order valence-electron chi connectivity index (χ1n) is 12.6. The van der Waals surface area contributed by atoms with Gasteiger partial charge in [-0.3, -0.25) is 9.78 Å². The number of nitrogens with zero attached hydrogens (tertiary/aromatic N) is 3. The van der Waals surface area contributed by atoms with Crippen molar-refractivity contribution in [2.75, 3.05) is 19.6 Å². The number of hydrogen-bond donors (Lipinski definition) is 0. The Labute approximate surface area is 206 Å². The highest BCUT2D eigenvalue weighted by molar-refractivity contribution is 5.86. The molecule has 0 amide bonds. The number of hydrogen-bond acceptors (Lipinski definition) is 3. The van der Waals surface area contributed by atoms with Gasteiger partial charge in [0.1, 0.15) is 12.0 Å². The van der Waals surface area contributed by atoms with E-state index in [9.17, 15) is 9.18 Å². The Kier molecular flexibility index (Phi) is 7.34. The molecule has 2 aromatic carbocycles. The minimum atomic E-state index is -0.632. The molecule has 3 heterocycles. The third-order valence-corrected chi connectivity index (χ3v) is 7.04. The van der Waals surface area contributed by atoms with Crippen LogP contribution in [-0.4, -0.2) is 46.0 Å². The van der Waals surface area contributed by atoms with Crippen LogP contribution in [0.15, 0.2) is 79.3 Å². The molecular formula is C30H32FN3O. The van der Waals surface area contributed by atoms with Crippen LogP contribution in [0.5, 0.6) is 0 Å². The van der Waals surface area contributed by atoms with Crippen LogP contribution in [0.2, 0.25) is 0 Å². The second-order valence-electron chi connectivity index (χ2n) is 9.55. The predicted octanol–water partition coefficient (Wildman–Crippen LogP) is 5.75. The summed E-state index contributed by atoms with van der Waals surface area (Å²) in [7, 11) is 0. The highest BCUT2D eigenvalue weighted by Crippen LogP contribution is 2.26. The van der Waals surface area contributed by atoms with E-state index >= 15 is 0 Å². The molecule has 180 valence electrons. The zero-order chi connectivity index (χ0) is 24.0. The van der Waals surface area contributed by atoms with Gasteiger partial charge in [0, 0.05) is 62.1 Å². The molecule has 1 aliphatic heterocycles. The Balaban J connectivity index is 1.25. The molecule has 5 heteroatoms. The van der Waals surface area contributed by atoms with Crippen LogP contribution in [0.3, 0.4) is 0 Å². The second-order valence-corrected chi connectivity index (χ2v) is 9.55. The summed E-state index contributed by atoms with van der Waals surface area (Å²) in [5.74, 6) is 0.243. The summed E-state index contributed by atoms with van der Waals surface area (Å²) in [4.78, 5) is 19.0. The summed E-state index contributed by atoms with van der Waals surface area (Å²) in [5, 5.41) is 1.27. The van der Waals surface area contributed by atoms with Crippen LogP contribution < -0.4 is 0 Å². The Morgan fingerprint density at radius 2 is 1.74 bits per heavy atom. The third kappa shape index (κ3) is 5.85. The minimum Gasteiger partial charge on any atom is -0.316 e. The van der Waals surface area contributed by atoms with Crippen LogP contribution in [0, 0.1) is 0 Å². The van der Waals surface area contributed by atoms with Gasteiger partial charge in [0.25, 0.3) is 0 Å². The number of aromatic nitrogens is 2. The minimum absolute atomic E-state index is 0.243. The summed E-state index contributed by atoms with van der Waals surface area (Å²) in [6, 6.07) is 20.8. The summed E-state index contributed by atoms with van der Waals surface area (Å²) >= 11 is 0. The number of pyridine rings is 1. The number of benzene rings is 2. The largest absolute Gasteiger partial charge is 0.316 e. The Bertz CT molecular complexity index is 1260. The fourth-order valence-electron chi connectivity index (χ4n) is 4.99. The van der Waals surface area contributed by atoms with E-state index in [-0.39, 0.29) is 5.78 Å². The van der Waals surface area contributed by atoms with E-state index in [0.717, 1.165) is 49.3 Å². The zero-order valence-electron chi connectivity index (χ0n) is 20.1. The Hall–Kier alpha value is -3.31. The average molecular weight is 470 g/mol. The number of ketones is 1. The number of para-hydroxylation sites is 1. The predicted molar refractivity (Wildman–Crippen MR) is 139 cm³/mol. The Morgan fingerprint density at radius 1 is 0.943 bits per heavy atom. The van der Waals surface area contributed by atoms with Gasteiger partial charge in [-0.1, -0.05) is 36.4 Å². The van der Waals surface area contributed by atoms with E-state index in [0.29, 0.717) is 25.7 Å². The molecule has 4 aromatic rings. The summed E-state index contributed by atoms with van der Waals surface area (Å²) in [6.45, 7) is 2.66. The van der Waals surface area contributed by atoms with E-state index in [1.165, 1.54) is 16.5 Å². The highest BCUT2D eigenvalue weighted by atomic mass is 19.1. The molecule has 5 rings (SSSR count). The maximum Gasteiger partial charge on any atom is 0.137 e. The third-order valence-electron chi connectivity index (χ3n) is 7.04. The number of carbonyl (C=O) groups excluding carboxylic acids is 1. The number of Topliss-reactive ketones (excluding diaryl/α,β-unsaturated/α-hetero) is 1. The molecule has 35 heavy (non-hydrogen) atoms. The molecule has 0 radical (unpaired) electrons. The lowest BCUT2D eigenvalue weighted by molar-refractivity contribution is -0.118. The fourth-order valence-corrected chi connectivity index (χ4v) is 4.99. The molecule has 4 nitrogen and oxygen atoms in total. The molecule has 0 spiro atoms. The zero-order valence-corrected chi connectivity index (χ0v) is 20.1. The van der Waals surface area contributed by atoms with Crippen molar-refractivity contribution in [3.05, 3.63) is 95.9 Å². The number of rotatable bonds is 9. The number of halogens is 1. The number of piperidine rings is 1. The van der Waals surface area contributed by atoms with E-state index in [1.807, 2.05) is 18.3 Å². The normalized spacial score (nSPS) is 15.0. The molecule has 0 bridgehead atoms. The van der Waals surface area contributed by atoms with Crippen molar-refractivity contribution in [1.29, 1.82) is 0 Å². The van der Waals surface area contributed by atoms with Gasteiger partial charge < -0.3 is 9.47 Å². The number of aryl methyl sites for hydroxylation is 1. The van der Waals surface area contributed by atoms with E-state index < -0.39 is 6.17 Å². The van der Waals surface area contributed by atoms with Gasteiger partial charge in [0.05, 0.1) is 5.52 Å². The van der Waals surface area contributed by atoms with E-state index in [1.54, 1.807) is 6.20 Å². The van der Waals surface area contributed by atoms with Gasteiger partial charge in [-0.15, -0.1) is 0 Å². The molecule has 0 saturated carbocycles. The van der Waals surface area contributed by atoms with Crippen molar-refractivity contribution in [3.8, 4) is 5.69 Å². The van der Waals surface area contributed by atoms with Crippen molar-refractivity contribution in [2.45, 2.75) is 44.7 Å². The van der Waals surface area contributed by atoms with Gasteiger partial charge in [-0.25, -0.2) is 4.39 Å². The molecule has 0 N–H and O–H groups in total. The van der Waals surface area contributed by atoms with Crippen molar-refractivity contribution in [3.63, 3.8) is 0 Å². The quantitative estimate of drug-likeness (QED) is 0.313. The first-order valence-corrected chi connectivity index (χ1v) is 12.6. The van der Waals surface area contributed by atoms with Gasteiger partial charge in [-0.05, 0) is 66.6 Å². The number of fused-ring (bicyclic) bond motifs is 1. The van der Waals surface area contributed by atoms with Gasteiger partial charge in [-0.2, -0.15) is 0 Å². The maximum atomic E-state index is 13.5. The van der Waals surface area contributed by atoms with Crippen molar-refractivity contribution in [1.82, 2.24) is 14.5 Å². The van der Waals surface area contributed by atoms with Crippen molar-refractivity contribution in [2.24, 2.45) is 0 Å². The Morgan fingerprint density at radius 3 is 2.51 bits per heavy atom. The van der Waals surface area contributed by atoms with E-state index in [4.69, 9.17) is 0 Å². The molecule has 0 atom stereocenters. The average Bonchev–Trinajstić information content (AvgIpc) is 3.27. The lowest BCUT2D eigenvalue weighted by Crippen LogP contribution is -2.35. The van der Waals surface area contributed by atoms with Gasteiger partial charge in [0.2, 0.25) is 0 Å². The molecule has 1 fully saturated rings. The van der Waals surface area contributed by atoms with Crippen molar-refractivity contribution < 1.29 is 9.18 Å². The lowest BCUT2D eigenvalue weighted by atomic mass is 10.0. The molecule has 0 unspecified atom stereocenters. The first kappa shape index (κ1) is 23.4. The summed E-state index contributed by atoms with van der Waals surface area (Å²) in [6.07, 6.45) is 9.15. The number of likely N-dealkylation sites (tertiary alicyclic amines) is 1. The molecule has 1 saturated heterocycles. The van der Waals surface area contributed by atoms with Crippen LogP contribution in [0.1, 0.15) is 36.0 Å². The van der Waals surface area contributed by atoms with Crippen LogP contribution in [0.4, 0.5) is 4.39 Å². The standard InChI is InChI=1S/C30H32FN3O/c31-26-14-18-33(19-15-26)17-13-25-22-34(30-6-2-1-5-29(25)30)27-10-7-23(8-11-27)20-28(35)12-9-24-4-3-16-32-21-24/h1-8,10-11,16,21-22,26H,9,12-15,17-20H2. The molecule has 0 aliphatic carbocycles. The maximum absolute atomic E-state index is 13.5. The monoisotopic (exact) mass is 469 g/mol. The topological polar surface area (TPSA) is 38.1 Å². The van der Waals surface area contributed by atoms with Gasteiger partial charge in [0.15, 0.2) is 0 Å². The van der Waals surface area contributed by atoms with Crippen LogP contribution in [0.25, 0.3) is 16.6 Å². The summed E-state index contributed by atoms with van der Waals surface area (Å²) < 4.78 is 15.7. The fraction of sp³-hybridized carbons (Fsp3) is 0.333. The van der Waals surface area contributed by atoms with Gasteiger partial charge >= 0.3 is 0 Å². The second kappa shape index (κ2) is 11.0. The highest BCUT2D eigenvalue weighted by Gasteiger charge is 2.19. The SMILES string of the molecule is O=C(CCc1cccnc1)Cc1ccc(-n2cc(CCN3CCC(F)CC3)c3ccccc32)cc1. The smallest absolute Gasteiger partial charge is 0.137 e. The molecule has 1 aliphatic rings. The first-order chi connectivity index (χ1) is 17.2. The van der Waals surface area contributed by atoms with E-state index in [2.05, 4.69) is 69.2 Å². The van der Waals surface area contributed by atoms with Crippen LogP contribution >= 0.6 is 0 Å². The van der Waals surface area contributed by atoms with Crippen LogP contribution in [-0.2, 0) is 24.1 Å². The summed E-state index contributed by atoms with van der Waals surface area (Å²) in [5.41, 5.74) is 5.73. The number of alkyl halides is 1. The number of carbonyl (C=O) groups is 1. The van der Waals surface area contributed by atoms with Crippen molar-refractivity contribution >= 4 is 16.7 Å². The molecule has 2 aromatic heterocycles. The lowest BCUT2D eigenvalue weighted by Gasteiger charge is -2.28.